The molecule has 0 aliphatic heterocycles. The third-order valence-corrected chi connectivity index (χ3v) is 5.47. The maximum atomic E-state index is 12.1. The van der Waals surface area contributed by atoms with E-state index < -0.39 is 0 Å². The van der Waals surface area contributed by atoms with E-state index in [0.717, 1.165) is 48.3 Å². The number of aromatic amines is 1. The van der Waals surface area contributed by atoms with Crippen LogP contribution in [0.5, 0.6) is 0 Å². The van der Waals surface area contributed by atoms with Gasteiger partial charge in [0.2, 0.25) is 0 Å². The Balaban J connectivity index is 1.75. The predicted octanol–water partition coefficient (Wildman–Crippen LogP) is 2.77. The van der Waals surface area contributed by atoms with Gasteiger partial charge in [-0.1, -0.05) is 12.1 Å². The van der Waals surface area contributed by atoms with Crippen molar-refractivity contribution in [2.24, 2.45) is 0 Å². The highest BCUT2D eigenvalue weighted by Crippen LogP contribution is 2.30. The lowest BCUT2D eigenvalue weighted by Gasteiger charge is -2.24. The molecule has 0 radical (unpaired) electrons. The maximum absolute atomic E-state index is 12.1. The number of rotatable bonds is 3. The van der Waals surface area contributed by atoms with Crippen molar-refractivity contribution in [1.82, 2.24) is 9.97 Å². The molecule has 0 amide bonds. The number of benzene rings is 1. The molecular formula is C16H20N2O2S. The van der Waals surface area contributed by atoms with Crippen LogP contribution < -0.4 is 5.56 Å². The summed E-state index contributed by atoms with van der Waals surface area (Å²) in [6.45, 7) is 1.98. The molecule has 1 aromatic heterocycles. The summed E-state index contributed by atoms with van der Waals surface area (Å²) in [7, 11) is 0. The fraction of sp³-hybridized carbons (Fsp3) is 0.500. The Morgan fingerprint density at radius 1 is 1.33 bits per heavy atom. The number of fused-ring (bicyclic) bond motifs is 1. The van der Waals surface area contributed by atoms with Gasteiger partial charge in [-0.2, -0.15) is 11.8 Å². The molecule has 4 nitrogen and oxygen atoms in total. The molecule has 2 aromatic rings. The predicted molar refractivity (Wildman–Crippen MR) is 86.7 cm³/mol. The van der Waals surface area contributed by atoms with Crippen molar-refractivity contribution in [2.45, 2.75) is 49.7 Å². The van der Waals surface area contributed by atoms with E-state index in [-0.39, 0.29) is 11.7 Å². The van der Waals surface area contributed by atoms with Crippen LogP contribution >= 0.6 is 11.8 Å². The van der Waals surface area contributed by atoms with Gasteiger partial charge in [-0.15, -0.1) is 0 Å². The molecule has 0 saturated heterocycles. The SMILES string of the molecule is Cc1cccc2c(=O)[nH]c(CSC3CCC(O)CC3)nc12. The molecule has 0 atom stereocenters. The van der Waals surface area contributed by atoms with Crippen molar-refractivity contribution in [2.75, 3.05) is 0 Å². The van der Waals surface area contributed by atoms with Gasteiger partial charge in [-0.3, -0.25) is 4.79 Å². The first-order valence-corrected chi connectivity index (χ1v) is 8.46. The van der Waals surface area contributed by atoms with Crippen LogP contribution in [0.25, 0.3) is 10.9 Å². The second-order valence-electron chi connectivity index (χ2n) is 5.73. The Morgan fingerprint density at radius 2 is 2.10 bits per heavy atom. The van der Waals surface area contributed by atoms with Crippen LogP contribution in [0.2, 0.25) is 0 Å². The van der Waals surface area contributed by atoms with Crippen LogP contribution in [-0.2, 0) is 5.75 Å². The summed E-state index contributed by atoms with van der Waals surface area (Å²) < 4.78 is 0. The van der Waals surface area contributed by atoms with E-state index >= 15 is 0 Å². The highest BCUT2D eigenvalue weighted by atomic mass is 32.2. The zero-order chi connectivity index (χ0) is 14.8. The molecule has 3 rings (SSSR count). The van der Waals surface area contributed by atoms with Gasteiger partial charge in [0.15, 0.2) is 0 Å². The average Bonchev–Trinajstić information content (AvgIpc) is 2.48. The Kier molecular flexibility index (Phi) is 4.31. The quantitative estimate of drug-likeness (QED) is 0.915. The van der Waals surface area contributed by atoms with Crippen LogP contribution in [0.15, 0.2) is 23.0 Å². The summed E-state index contributed by atoms with van der Waals surface area (Å²) in [4.78, 5) is 19.6. The fourth-order valence-electron chi connectivity index (χ4n) is 2.83. The van der Waals surface area contributed by atoms with E-state index in [1.54, 1.807) is 0 Å². The highest BCUT2D eigenvalue weighted by Gasteiger charge is 2.20. The number of aliphatic hydroxyl groups is 1. The molecular weight excluding hydrogens is 284 g/mol. The Bertz CT molecular complexity index is 690. The fourth-order valence-corrected chi connectivity index (χ4v) is 3.96. The van der Waals surface area contributed by atoms with Crippen molar-refractivity contribution in [1.29, 1.82) is 0 Å². The molecule has 1 heterocycles. The first kappa shape index (κ1) is 14.6. The third kappa shape index (κ3) is 3.30. The number of nitrogens with zero attached hydrogens (tertiary/aromatic N) is 1. The second-order valence-corrected chi connectivity index (χ2v) is 7.01. The average molecular weight is 304 g/mol. The topological polar surface area (TPSA) is 66.0 Å². The number of thioether (sulfide) groups is 1. The zero-order valence-corrected chi connectivity index (χ0v) is 12.9. The number of nitrogens with one attached hydrogen (secondary N) is 1. The Morgan fingerprint density at radius 3 is 2.86 bits per heavy atom. The monoisotopic (exact) mass is 304 g/mol. The summed E-state index contributed by atoms with van der Waals surface area (Å²) >= 11 is 1.83. The molecule has 112 valence electrons. The van der Waals surface area contributed by atoms with Crippen molar-refractivity contribution in [3.05, 3.63) is 39.9 Å². The van der Waals surface area contributed by atoms with Gasteiger partial charge >= 0.3 is 0 Å². The standard InChI is InChI=1S/C16H20N2O2S/c1-10-3-2-4-13-15(10)17-14(18-16(13)20)9-21-12-7-5-11(19)6-8-12/h2-4,11-12,19H,5-9H2,1H3,(H,17,18,20). The zero-order valence-electron chi connectivity index (χ0n) is 12.1. The highest BCUT2D eigenvalue weighted by molar-refractivity contribution is 7.99. The summed E-state index contributed by atoms with van der Waals surface area (Å²) in [5.74, 6) is 1.47. The molecule has 2 N–H and O–H groups in total. The van der Waals surface area contributed by atoms with Gasteiger partial charge in [-0.05, 0) is 44.2 Å². The maximum Gasteiger partial charge on any atom is 0.258 e. The lowest BCUT2D eigenvalue weighted by molar-refractivity contribution is 0.132. The molecule has 0 bridgehead atoms. The first-order chi connectivity index (χ1) is 10.1. The van der Waals surface area contributed by atoms with Gasteiger partial charge in [0.25, 0.3) is 5.56 Å². The summed E-state index contributed by atoms with van der Waals surface area (Å²) in [6, 6.07) is 5.68. The molecule has 0 unspecified atom stereocenters. The van der Waals surface area contributed by atoms with Gasteiger partial charge in [0.05, 0.1) is 22.8 Å². The summed E-state index contributed by atoms with van der Waals surface area (Å²) in [6.07, 6.45) is 3.74. The molecule has 0 spiro atoms. The molecule has 21 heavy (non-hydrogen) atoms. The smallest absolute Gasteiger partial charge is 0.258 e. The molecule has 1 saturated carbocycles. The molecule has 5 heteroatoms. The largest absolute Gasteiger partial charge is 0.393 e. The summed E-state index contributed by atoms with van der Waals surface area (Å²) in [5.41, 5.74) is 1.78. The van der Waals surface area contributed by atoms with Crippen molar-refractivity contribution < 1.29 is 5.11 Å². The Labute approximate surface area is 128 Å². The van der Waals surface area contributed by atoms with E-state index in [4.69, 9.17) is 0 Å². The number of aliphatic hydroxyl groups excluding tert-OH is 1. The van der Waals surface area contributed by atoms with E-state index in [1.165, 1.54) is 0 Å². The van der Waals surface area contributed by atoms with Gasteiger partial charge in [-0.25, -0.2) is 4.98 Å². The Hall–Kier alpha value is -1.33. The molecule has 1 aliphatic carbocycles. The number of hydrogen-bond acceptors (Lipinski definition) is 4. The van der Waals surface area contributed by atoms with E-state index in [9.17, 15) is 9.90 Å². The van der Waals surface area contributed by atoms with Gasteiger partial charge in [0.1, 0.15) is 5.82 Å². The molecule has 1 aromatic carbocycles. The van der Waals surface area contributed by atoms with Crippen molar-refractivity contribution in [3.8, 4) is 0 Å². The minimum Gasteiger partial charge on any atom is -0.393 e. The summed E-state index contributed by atoms with van der Waals surface area (Å²) in [5, 5.41) is 10.7. The van der Waals surface area contributed by atoms with Crippen molar-refractivity contribution in [3.63, 3.8) is 0 Å². The van der Waals surface area contributed by atoms with Gasteiger partial charge in [0, 0.05) is 5.25 Å². The minimum absolute atomic E-state index is 0.0571. The van der Waals surface area contributed by atoms with Crippen LogP contribution in [0.1, 0.15) is 37.1 Å². The number of aryl methyl sites for hydroxylation is 1. The van der Waals surface area contributed by atoms with Crippen LogP contribution in [0.4, 0.5) is 0 Å². The van der Waals surface area contributed by atoms with Crippen LogP contribution in [0.3, 0.4) is 0 Å². The molecule has 1 fully saturated rings. The van der Waals surface area contributed by atoms with Gasteiger partial charge < -0.3 is 10.1 Å². The number of aromatic nitrogens is 2. The number of hydrogen-bond donors (Lipinski definition) is 2. The minimum atomic E-state index is -0.122. The lowest BCUT2D eigenvalue weighted by atomic mass is 9.97. The van der Waals surface area contributed by atoms with E-state index in [2.05, 4.69) is 9.97 Å². The molecule has 1 aliphatic rings. The van der Waals surface area contributed by atoms with Crippen molar-refractivity contribution >= 4 is 22.7 Å². The third-order valence-electron chi connectivity index (χ3n) is 4.09. The van der Waals surface area contributed by atoms with E-state index in [1.807, 2.05) is 36.9 Å². The normalized spacial score (nSPS) is 22.6. The first-order valence-electron chi connectivity index (χ1n) is 7.41. The number of para-hydroxylation sites is 1. The number of H-pyrrole nitrogens is 1. The van der Waals surface area contributed by atoms with Crippen LogP contribution in [0, 0.1) is 6.92 Å². The van der Waals surface area contributed by atoms with Crippen LogP contribution in [-0.4, -0.2) is 26.4 Å². The second kappa shape index (κ2) is 6.20. The lowest BCUT2D eigenvalue weighted by Crippen LogP contribution is -2.20. The van der Waals surface area contributed by atoms with E-state index in [0.29, 0.717) is 10.6 Å².